The zero-order chi connectivity index (χ0) is 28.1. The molecule has 2 aliphatic rings. The van der Waals surface area contributed by atoms with Gasteiger partial charge in [0.15, 0.2) is 11.6 Å². The third kappa shape index (κ3) is 5.02. The summed E-state index contributed by atoms with van der Waals surface area (Å²) in [4.78, 5) is 21.0. The monoisotopic (exact) mass is 552 g/mol. The molecule has 0 radical (unpaired) electrons. The fourth-order valence-corrected chi connectivity index (χ4v) is 4.56. The summed E-state index contributed by atoms with van der Waals surface area (Å²) in [7, 11) is 0. The van der Waals surface area contributed by atoms with Crippen molar-refractivity contribution in [1.82, 2.24) is 15.1 Å². The van der Waals surface area contributed by atoms with Gasteiger partial charge in [-0.3, -0.25) is 4.79 Å². The molecular formula is C28H24F4N6O2. The summed E-state index contributed by atoms with van der Waals surface area (Å²) in [5.74, 6) is -1.39. The van der Waals surface area contributed by atoms with Gasteiger partial charge in [-0.05, 0) is 60.6 Å². The van der Waals surface area contributed by atoms with Gasteiger partial charge in [0.05, 0.1) is 6.42 Å². The van der Waals surface area contributed by atoms with Crippen LogP contribution >= 0.6 is 0 Å². The van der Waals surface area contributed by atoms with Crippen molar-refractivity contribution in [3.63, 3.8) is 0 Å². The van der Waals surface area contributed by atoms with Gasteiger partial charge in [-0.1, -0.05) is 29.4 Å². The van der Waals surface area contributed by atoms with Crippen LogP contribution in [0.15, 0.2) is 65.4 Å². The Labute approximate surface area is 226 Å². The topological polar surface area (TPSA) is 119 Å². The molecule has 6 rings (SSSR count). The molecule has 4 aromatic rings. The SMILES string of the molecule is NC1(c2ccc(Nc3ncc(-c4ccc(CC(=O)Nc5cc(C6(C(F)(F)F)CC6)on5)c(F)c4)cn3)cc2)CC1. The number of hydrogen-bond acceptors (Lipinski definition) is 7. The Bertz CT molecular complexity index is 1560. The molecule has 0 saturated heterocycles. The van der Waals surface area contributed by atoms with Crippen molar-refractivity contribution in [3.05, 3.63) is 83.6 Å². The molecule has 12 heteroatoms. The van der Waals surface area contributed by atoms with Gasteiger partial charge in [0.2, 0.25) is 11.9 Å². The van der Waals surface area contributed by atoms with E-state index in [-0.39, 0.29) is 41.9 Å². The van der Waals surface area contributed by atoms with Crippen LogP contribution in [0.25, 0.3) is 11.1 Å². The highest BCUT2D eigenvalue weighted by Gasteiger charge is 2.66. The summed E-state index contributed by atoms with van der Waals surface area (Å²) in [6, 6.07) is 13.2. The summed E-state index contributed by atoms with van der Waals surface area (Å²) in [5, 5.41) is 9.00. The number of hydrogen-bond donors (Lipinski definition) is 3. The Morgan fingerprint density at radius 2 is 1.68 bits per heavy atom. The first-order chi connectivity index (χ1) is 19.0. The Hall–Kier alpha value is -4.32. The lowest BCUT2D eigenvalue weighted by Gasteiger charge is -2.14. The van der Waals surface area contributed by atoms with Crippen molar-refractivity contribution in [2.45, 2.75) is 49.2 Å². The van der Waals surface area contributed by atoms with E-state index in [4.69, 9.17) is 10.3 Å². The summed E-state index contributed by atoms with van der Waals surface area (Å²) in [6.07, 6.45) is 0.0858. The Morgan fingerprint density at radius 1 is 0.975 bits per heavy atom. The third-order valence-corrected chi connectivity index (χ3v) is 7.44. The number of benzene rings is 2. The van der Waals surface area contributed by atoms with E-state index in [1.165, 1.54) is 12.1 Å². The first-order valence-electron chi connectivity index (χ1n) is 12.7. The number of halogens is 4. The average molecular weight is 553 g/mol. The molecule has 0 spiro atoms. The number of rotatable bonds is 8. The molecule has 40 heavy (non-hydrogen) atoms. The number of anilines is 3. The standard InChI is InChI=1S/C28H24F4N6O2/c29-21-11-16(18-14-34-25(35-15-18)36-20-5-3-19(4-6-20)27(33)9-10-27)1-2-17(21)12-24(39)37-23-13-22(40-38-23)26(7-8-26)28(30,31)32/h1-6,11,13-15H,7-10,12,33H2,(H,34,35,36)(H,37,38,39). The minimum Gasteiger partial charge on any atom is -0.358 e. The van der Waals surface area contributed by atoms with Crippen LogP contribution in [0.1, 0.15) is 42.6 Å². The Balaban J connectivity index is 1.07. The predicted molar refractivity (Wildman–Crippen MR) is 138 cm³/mol. The van der Waals surface area contributed by atoms with Crippen LogP contribution < -0.4 is 16.4 Å². The minimum absolute atomic E-state index is 0.0928. The van der Waals surface area contributed by atoms with E-state index in [0.717, 1.165) is 30.2 Å². The van der Waals surface area contributed by atoms with Crippen molar-refractivity contribution in [2.75, 3.05) is 10.6 Å². The number of carbonyl (C=O) groups excluding carboxylic acids is 1. The zero-order valence-corrected chi connectivity index (χ0v) is 21.1. The lowest BCUT2D eigenvalue weighted by molar-refractivity contribution is -0.165. The van der Waals surface area contributed by atoms with E-state index >= 15 is 0 Å². The molecule has 2 fully saturated rings. The quantitative estimate of drug-likeness (QED) is 0.239. The maximum atomic E-state index is 14.8. The molecule has 206 valence electrons. The van der Waals surface area contributed by atoms with E-state index in [1.54, 1.807) is 18.5 Å². The molecule has 2 heterocycles. The van der Waals surface area contributed by atoms with E-state index in [2.05, 4.69) is 25.8 Å². The van der Waals surface area contributed by atoms with Gasteiger partial charge in [-0.15, -0.1) is 0 Å². The second-order valence-electron chi connectivity index (χ2n) is 10.3. The fraction of sp³-hybridized carbons (Fsp3) is 0.286. The van der Waals surface area contributed by atoms with E-state index in [1.807, 2.05) is 24.3 Å². The second kappa shape index (κ2) is 9.40. The lowest BCUT2D eigenvalue weighted by Crippen LogP contribution is -2.28. The summed E-state index contributed by atoms with van der Waals surface area (Å²) >= 11 is 0. The Kier molecular flexibility index (Phi) is 6.10. The molecule has 1 amide bonds. The third-order valence-electron chi connectivity index (χ3n) is 7.44. The number of amides is 1. The Morgan fingerprint density at radius 3 is 2.27 bits per heavy atom. The van der Waals surface area contributed by atoms with E-state index in [9.17, 15) is 22.4 Å². The lowest BCUT2D eigenvalue weighted by atomic mass is 10.0. The molecule has 2 aromatic carbocycles. The number of alkyl halides is 3. The first-order valence-corrected chi connectivity index (χ1v) is 12.7. The summed E-state index contributed by atoms with van der Waals surface area (Å²) in [5.41, 5.74) is 7.06. The van der Waals surface area contributed by atoms with Gasteiger partial charge in [-0.25, -0.2) is 14.4 Å². The zero-order valence-electron chi connectivity index (χ0n) is 21.1. The van der Waals surface area contributed by atoms with Gasteiger partial charge < -0.3 is 20.9 Å². The minimum atomic E-state index is -4.46. The van der Waals surface area contributed by atoms with Gasteiger partial charge >= 0.3 is 6.18 Å². The van der Waals surface area contributed by atoms with Crippen LogP contribution in [0.3, 0.4) is 0 Å². The summed E-state index contributed by atoms with van der Waals surface area (Å²) in [6.45, 7) is 0. The van der Waals surface area contributed by atoms with Crippen LogP contribution in [-0.2, 0) is 22.2 Å². The molecule has 0 aliphatic heterocycles. The van der Waals surface area contributed by atoms with Gasteiger partial charge in [0.25, 0.3) is 0 Å². The van der Waals surface area contributed by atoms with Gasteiger partial charge in [0.1, 0.15) is 11.2 Å². The van der Waals surface area contributed by atoms with E-state index < -0.39 is 23.3 Å². The smallest absolute Gasteiger partial charge is 0.358 e. The highest BCUT2D eigenvalue weighted by molar-refractivity contribution is 5.91. The molecular weight excluding hydrogens is 528 g/mol. The van der Waals surface area contributed by atoms with Gasteiger partial charge in [-0.2, -0.15) is 13.2 Å². The maximum absolute atomic E-state index is 14.8. The molecule has 2 aliphatic carbocycles. The number of aromatic nitrogens is 3. The summed E-state index contributed by atoms with van der Waals surface area (Å²) < 4.78 is 59.5. The van der Waals surface area contributed by atoms with Crippen molar-refractivity contribution in [3.8, 4) is 11.1 Å². The molecule has 0 atom stereocenters. The average Bonchev–Trinajstić information content (AvgIpc) is 3.84. The number of nitrogens with zero attached hydrogens (tertiary/aromatic N) is 3. The fourth-order valence-electron chi connectivity index (χ4n) is 4.56. The van der Waals surface area contributed by atoms with Crippen LogP contribution in [0.5, 0.6) is 0 Å². The first kappa shape index (κ1) is 25.9. The van der Waals surface area contributed by atoms with Crippen LogP contribution in [0.4, 0.5) is 35.0 Å². The largest absolute Gasteiger partial charge is 0.401 e. The predicted octanol–water partition coefficient (Wildman–Crippen LogP) is 5.74. The number of nitrogens with one attached hydrogen (secondary N) is 2. The van der Waals surface area contributed by atoms with Crippen molar-refractivity contribution >= 4 is 23.4 Å². The normalized spacial score (nSPS) is 16.8. The highest BCUT2D eigenvalue weighted by Crippen LogP contribution is 2.59. The van der Waals surface area contributed by atoms with Crippen LogP contribution in [0, 0.1) is 5.82 Å². The maximum Gasteiger partial charge on any atom is 0.401 e. The molecule has 0 bridgehead atoms. The van der Waals surface area contributed by atoms with E-state index in [0.29, 0.717) is 17.1 Å². The molecule has 8 nitrogen and oxygen atoms in total. The van der Waals surface area contributed by atoms with Crippen LogP contribution in [0.2, 0.25) is 0 Å². The van der Waals surface area contributed by atoms with Crippen LogP contribution in [-0.4, -0.2) is 27.2 Å². The number of nitrogens with two attached hydrogens (primary N) is 1. The van der Waals surface area contributed by atoms with Crippen molar-refractivity contribution in [2.24, 2.45) is 5.73 Å². The second-order valence-corrected chi connectivity index (χ2v) is 10.3. The van der Waals surface area contributed by atoms with Gasteiger partial charge in [0, 0.05) is 35.2 Å². The highest BCUT2D eigenvalue weighted by atomic mass is 19.4. The molecule has 4 N–H and O–H groups in total. The van der Waals surface area contributed by atoms with Crippen molar-refractivity contribution < 1.29 is 26.9 Å². The molecule has 2 aromatic heterocycles. The molecule has 2 saturated carbocycles. The number of carbonyl (C=O) groups is 1. The molecule has 0 unspecified atom stereocenters. The van der Waals surface area contributed by atoms with Crippen molar-refractivity contribution in [1.29, 1.82) is 0 Å².